The SMILES string of the molecule is CN(CCCNCCc1ccncc1)C1CCCCC1. The van der Waals surface area contributed by atoms with E-state index in [1.165, 1.54) is 50.6 Å². The molecule has 1 N–H and O–H groups in total. The highest BCUT2D eigenvalue weighted by Crippen LogP contribution is 2.21. The zero-order valence-electron chi connectivity index (χ0n) is 12.9. The second kappa shape index (κ2) is 9.09. The first-order valence-corrected chi connectivity index (χ1v) is 8.16. The Labute approximate surface area is 123 Å². The van der Waals surface area contributed by atoms with E-state index in [1.807, 2.05) is 12.4 Å². The molecule has 1 aliphatic rings. The third-order valence-electron chi connectivity index (χ3n) is 4.40. The average molecular weight is 275 g/mol. The molecule has 3 heteroatoms. The Hall–Kier alpha value is -0.930. The van der Waals surface area contributed by atoms with Crippen LogP contribution in [0.5, 0.6) is 0 Å². The van der Waals surface area contributed by atoms with Crippen LogP contribution in [0, 0.1) is 0 Å². The molecule has 0 amide bonds. The quantitative estimate of drug-likeness (QED) is 0.739. The molecule has 1 saturated carbocycles. The Bertz CT molecular complexity index is 347. The molecule has 1 heterocycles. The third kappa shape index (κ3) is 5.59. The van der Waals surface area contributed by atoms with Gasteiger partial charge in [-0.05, 0) is 70.1 Å². The van der Waals surface area contributed by atoms with E-state index in [0.29, 0.717) is 0 Å². The van der Waals surface area contributed by atoms with Gasteiger partial charge in [0.2, 0.25) is 0 Å². The maximum absolute atomic E-state index is 4.04. The van der Waals surface area contributed by atoms with Crippen molar-refractivity contribution < 1.29 is 0 Å². The summed E-state index contributed by atoms with van der Waals surface area (Å²) in [7, 11) is 2.30. The van der Waals surface area contributed by atoms with Crippen LogP contribution in [0.3, 0.4) is 0 Å². The lowest BCUT2D eigenvalue weighted by molar-refractivity contribution is 0.189. The van der Waals surface area contributed by atoms with Crippen LogP contribution in [0.4, 0.5) is 0 Å². The van der Waals surface area contributed by atoms with E-state index >= 15 is 0 Å². The van der Waals surface area contributed by atoms with E-state index in [4.69, 9.17) is 0 Å². The molecule has 0 atom stereocenters. The molecule has 0 saturated heterocycles. The predicted octanol–water partition coefficient (Wildman–Crippen LogP) is 2.87. The fraction of sp³-hybridized carbons (Fsp3) is 0.706. The Morgan fingerprint density at radius 1 is 1.15 bits per heavy atom. The van der Waals surface area contributed by atoms with Crippen molar-refractivity contribution in [3.63, 3.8) is 0 Å². The van der Waals surface area contributed by atoms with Gasteiger partial charge in [0.1, 0.15) is 0 Å². The second-order valence-corrected chi connectivity index (χ2v) is 5.98. The zero-order chi connectivity index (χ0) is 14.0. The average Bonchev–Trinajstić information content (AvgIpc) is 2.52. The molecule has 0 aromatic carbocycles. The van der Waals surface area contributed by atoms with Crippen LogP contribution >= 0.6 is 0 Å². The predicted molar refractivity (Wildman–Crippen MR) is 84.9 cm³/mol. The van der Waals surface area contributed by atoms with Crippen LogP contribution in [0.1, 0.15) is 44.1 Å². The van der Waals surface area contributed by atoms with Gasteiger partial charge in [-0.25, -0.2) is 0 Å². The number of nitrogens with one attached hydrogen (secondary N) is 1. The van der Waals surface area contributed by atoms with Crippen LogP contribution in [-0.2, 0) is 6.42 Å². The highest BCUT2D eigenvalue weighted by atomic mass is 15.1. The monoisotopic (exact) mass is 275 g/mol. The molecule has 0 unspecified atom stereocenters. The molecule has 0 aliphatic heterocycles. The molecular formula is C17H29N3. The Balaban J connectivity index is 1.49. The summed E-state index contributed by atoms with van der Waals surface area (Å²) < 4.78 is 0. The summed E-state index contributed by atoms with van der Waals surface area (Å²) in [4.78, 5) is 6.61. The number of aromatic nitrogens is 1. The topological polar surface area (TPSA) is 28.2 Å². The summed E-state index contributed by atoms with van der Waals surface area (Å²) in [6, 6.07) is 5.04. The number of hydrogen-bond acceptors (Lipinski definition) is 3. The summed E-state index contributed by atoms with van der Waals surface area (Å²) >= 11 is 0. The van der Waals surface area contributed by atoms with E-state index < -0.39 is 0 Å². The molecule has 0 bridgehead atoms. The highest BCUT2D eigenvalue weighted by molar-refractivity contribution is 5.09. The molecule has 112 valence electrons. The van der Waals surface area contributed by atoms with Crippen molar-refractivity contribution in [1.29, 1.82) is 0 Å². The molecule has 1 aromatic heterocycles. The molecule has 20 heavy (non-hydrogen) atoms. The largest absolute Gasteiger partial charge is 0.316 e. The highest BCUT2D eigenvalue weighted by Gasteiger charge is 2.16. The minimum absolute atomic E-state index is 0.848. The van der Waals surface area contributed by atoms with Gasteiger partial charge in [0, 0.05) is 18.4 Å². The van der Waals surface area contributed by atoms with Crippen molar-refractivity contribution in [3.05, 3.63) is 30.1 Å². The molecule has 1 aromatic rings. The Morgan fingerprint density at radius 3 is 2.65 bits per heavy atom. The fourth-order valence-corrected chi connectivity index (χ4v) is 3.07. The van der Waals surface area contributed by atoms with Crippen LogP contribution in [0.25, 0.3) is 0 Å². The van der Waals surface area contributed by atoms with Crippen molar-refractivity contribution in [2.24, 2.45) is 0 Å². The zero-order valence-corrected chi connectivity index (χ0v) is 12.9. The van der Waals surface area contributed by atoms with Crippen LogP contribution in [0.2, 0.25) is 0 Å². The van der Waals surface area contributed by atoms with Gasteiger partial charge in [0.05, 0.1) is 0 Å². The summed E-state index contributed by atoms with van der Waals surface area (Å²) in [6.45, 7) is 3.42. The number of nitrogens with zero attached hydrogens (tertiary/aromatic N) is 2. The van der Waals surface area contributed by atoms with Gasteiger partial charge in [-0.2, -0.15) is 0 Å². The summed E-state index contributed by atoms with van der Waals surface area (Å²) in [5, 5.41) is 3.55. The third-order valence-corrected chi connectivity index (χ3v) is 4.40. The van der Waals surface area contributed by atoms with Crippen LogP contribution < -0.4 is 5.32 Å². The summed E-state index contributed by atoms with van der Waals surface area (Å²) in [6.07, 6.45) is 13.2. The van der Waals surface area contributed by atoms with Crippen molar-refractivity contribution in [2.75, 3.05) is 26.7 Å². The first-order valence-electron chi connectivity index (χ1n) is 8.16. The maximum Gasteiger partial charge on any atom is 0.0270 e. The standard InChI is InChI=1S/C17H29N3/c1-20(17-6-3-2-4-7-17)15-5-11-18-12-8-16-9-13-19-14-10-16/h9-10,13-14,17-18H,2-8,11-12,15H2,1H3. The van der Waals surface area contributed by atoms with Gasteiger partial charge in [-0.3, -0.25) is 4.98 Å². The number of rotatable bonds is 8. The molecule has 1 aliphatic carbocycles. The van der Waals surface area contributed by atoms with E-state index in [9.17, 15) is 0 Å². The van der Waals surface area contributed by atoms with Crippen LogP contribution in [-0.4, -0.2) is 42.6 Å². The van der Waals surface area contributed by atoms with Gasteiger partial charge in [-0.15, -0.1) is 0 Å². The Kier molecular flexibility index (Phi) is 7.02. The van der Waals surface area contributed by atoms with E-state index in [0.717, 1.165) is 25.6 Å². The molecule has 2 rings (SSSR count). The summed E-state index contributed by atoms with van der Waals surface area (Å²) in [5.41, 5.74) is 1.37. The first-order chi connectivity index (χ1) is 9.86. The van der Waals surface area contributed by atoms with Gasteiger partial charge >= 0.3 is 0 Å². The van der Waals surface area contributed by atoms with Crippen molar-refractivity contribution >= 4 is 0 Å². The lowest BCUT2D eigenvalue weighted by Crippen LogP contribution is -2.35. The second-order valence-electron chi connectivity index (χ2n) is 5.98. The van der Waals surface area contributed by atoms with E-state index in [-0.39, 0.29) is 0 Å². The number of pyridine rings is 1. The first kappa shape index (κ1) is 15.5. The van der Waals surface area contributed by atoms with Crippen molar-refractivity contribution in [3.8, 4) is 0 Å². The molecule has 0 radical (unpaired) electrons. The minimum atomic E-state index is 0.848. The van der Waals surface area contributed by atoms with Crippen LogP contribution in [0.15, 0.2) is 24.5 Å². The normalized spacial score (nSPS) is 16.7. The van der Waals surface area contributed by atoms with Crippen molar-refractivity contribution in [1.82, 2.24) is 15.2 Å². The smallest absolute Gasteiger partial charge is 0.0270 e. The maximum atomic E-state index is 4.04. The summed E-state index contributed by atoms with van der Waals surface area (Å²) in [5.74, 6) is 0. The number of hydrogen-bond donors (Lipinski definition) is 1. The van der Waals surface area contributed by atoms with Gasteiger partial charge in [0.15, 0.2) is 0 Å². The minimum Gasteiger partial charge on any atom is -0.316 e. The Morgan fingerprint density at radius 2 is 1.90 bits per heavy atom. The van der Waals surface area contributed by atoms with E-state index in [1.54, 1.807) is 0 Å². The van der Waals surface area contributed by atoms with Gasteiger partial charge < -0.3 is 10.2 Å². The van der Waals surface area contributed by atoms with Gasteiger partial charge in [0.25, 0.3) is 0 Å². The molecule has 0 spiro atoms. The van der Waals surface area contributed by atoms with E-state index in [2.05, 4.69) is 34.4 Å². The molecule has 3 nitrogen and oxygen atoms in total. The lowest BCUT2D eigenvalue weighted by atomic mass is 9.94. The molecular weight excluding hydrogens is 246 g/mol. The van der Waals surface area contributed by atoms with Crippen molar-refractivity contribution in [2.45, 2.75) is 51.0 Å². The van der Waals surface area contributed by atoms with Gasteiger partial charge in [-0.1, -0.05) is 19.3 Å². The lowest BCUT2D eigenvalue weighted by Gasteiger charge is -2.31. The molecule has 1 fully saturated rings. The fourth-order valence-electron chi connectivity index (χ4n) is 3.07.